The molecular formula is C20H24O2. The third-order valence-electron chi connectivity index (χ3n) is 3.62. The summed E-state index contributed by atoms with van der Waals surface area (Å²) in [7, 11) is 0. The zero-order valence-electron chi connectivity index (χ0n) is 13.6. The maximum Gasteiger partial charge on any atom is 0.120 e. The number of ether oxygens (including phenoxy) is 2. The van der Waals surface area contributed by atoms with Crippen LogP contribution in [-0.4, -0.2) is 12.2 Å². The van der Waals surface area contributed by atoms with Crippen molar-refractivity contribution in [3.63, 3.8) is 0 Å². The standard InChI is InChI=1S/C20H24O2/c1-14(2)21-20-10-15(3)9-17(13-20)11-16-5-4-6-19(12-16)22-18-7-8-18/h4-6,9-10,12-14,18H,7-8,11H2,1-3H3. The highest BCUT2D eigenvalue weighted by atomic mass is 16.5. The Morgan fingerprint density at radius 3 is 2.50 bits per heavy atom. The van der Waals surface area contributed by atoms with Crippen LogP contribution in [0.1, 0.15) is 43.4 Å². The van der Waals surface area contributed by atoms with E-state index in [-0.39, 0.29) is 6.10 Å². The summed E-state index contributed by atoms with van der Waals surface area (Å²) in [5.74, 6) is 1.95. The first kappa shape index (κ1) is 15.0. The van der Waals surface area contributed by atoms with Crippen molar-refractivity contribution in [1.82, 2.24) is 0 Å². The summed E-state index contributed by atoms with van der Waals surface area (Å²) in [6.07, 6.45) is 3.93. The maximum atomic E-state index is 5.88. The van der Waals surface area contributed by atoms with E-state index in [0.717, 1.165) is 17.9 Å². The van der Waals surface area contributed by atoms with Gasteiger partial charge in [-0.3, -0.25) is 0 Å². The van der Waals surface area contributed by atoms with Crippen molar-refractivity contribution in [2.45, 2.75) is 52.2 Å². The zero-order valence-corrected chi connectivity index (χ0v) is 13.6. The first-order valence-corrected chi connectivity index (χ1v) is 8.11. The van der Waals surface area contributed by atoms with Gasteiger partial charge in [-0.15, -0.1) is 0 Å². The van der Waals surface area contributed by atoms with Crippen molar-refractivity contribution >= 4 is 0 Å². The van der Waals surface area contributed by atoms with Crippen molar-refractivity contribution < 1.29 is 9.47 Å². The van der Waals surface area contributed by atoms with E-state index in [1.165, 1.54) is 29.5 Å². The van der Waals surface area contributed by atoms with Crippen LogP contribution in [0.25, 0.3) is 0 Å². The Morgan fingerprint density at radius 1 is 1.00 bits per heavy atom. The molecule has 1 aliphatic rings. The van der Waals surface area contributed by atoms with E-state index in [1.807, 2.05) is 6.07 Å². The van der Waals surface area contributed by atoms with E-state index in [1.54, 1.807) is 0 Å². The Bertz CT molecular complexity index is 642. The predicted octanol–water partition coefficient (Wildman–Crippen LogP) is 4.91. The van der Waals surface area contributed by atoms with E-state index >= 15 is 0 Å². The highest BCUT2D eigenvalue weighted by molar-refractivity contribution is 5.38. The van der Waals surface area contributed by atoms with Gasteiger partial charge in [0.1, 0.15) is 11.5 Å². The second-order valence-corrected chi connectivity index (χ2v) is 6.46. The van der Waals surface area contributed by atoms with Crippen LogP contribution in [-0.2, 0) is 6.42 Å². The molecule has 2 aromatic rings. The molecule has 22 heavy (non-hydrogen) atoms. The van der Waals surface area contributed by atoms with Crippen molar-refractivity contribution in [2.24, 2.45) is 0 Å². The first-order chi connectivity index (χ1) is 10.6. The smallest absolute Gasteiger partial charge is 0.120 e. The predicted molar refractivity (Wildman–Crippen MR) is 89.8 cm³/mol. The minimum atomic E-state index is 0.199. The molecule has 2 heteroatoms. The molecule has 3 rings (SSSR count). The lowest BCUT2D eigenvalue weighted by atomic mass is 10.0. The minimum Gasteiger partial charge on any atom is -0.491 e. The molecule has 0 amide bonds. The van der Waals surface area contributed by atoms with Gasteiger partial charge in [0.25, 0.3) is 0 Å². The van der Waals surface area contributed by atoms with Crippen molar-refractivity contribution in [3.8, 4) is 11.5 Å². The van der Waals surface area contributed by atoms with Gasteiger partial charge in [0.05, 0.1) is 12.2 Å². The fourth-order valence-corrected chi connectivity index (χ4v) is 2.61. The van der Waals surface area contributed by atoms with Gasteiger partial charge in [-0.2, -0.15) is 0 Å². The zero-order chi connectivity index (χ0) is 15.5. The quantitative estimate of drug-likeness (QED) is 0.753. The minimum absolute atomic E-state index is 0.199. The van der Waals surface area contributed by atoms with Crippen LogP contribution in [0.5, 0.6) is 11.5 Å². The van der Waals surface area contributed by atoms with Crippen LogP contribution in [0.2, 0.25) is 0 Å². The lowest BCUT2D eigenvalue weighted by molar-refractivity contribution is 0.242. The van der Waals surface area contributed by atoms with E-state index in [4.69, 9.17) is 9.47 Å². The molecule has 0 unspecified atom stereocenters. The largest absolute Gasteiger partial charge is 0.491 e. The van der Waals surface area contributed by atoms with E-state index in [2.05, 4.69) is 57.2 Å². The molecule has 0 aliphatic heterocycles. The highest BCUT2D eigenvalue weighted by Crippen LogP contribution is 2.28. The van der Waals surface area contributed by atoms with E-state index in [0.29, 0.717) is 6.10 Å². The fourth-order valence-electron chi connectivity index (χ4n) is 2.61. The van der Waals surface area contributed by atoms with Gasteiger partial charge in [-0.25, -0.2) is 0 Å². The average Bonchev–Trinajstić information content (AvgIpc) is 3.21. The van der Waals surface area contributed by atoms with E-state index in [9.17, 15) is 0 Å². The average molecular weight is 296 g/mol. The summed E-state index contributed by atoms with van der Waals surface area (Å²) in [5, 5.41) is 0. The van der Waals surface area contributed by atoms with Gasteiger partial charge in [-0.05, 0) is 81.0 Å². The van der Waals surface area contributed by atoms with Crippen molar-refractivity contribution in [2.75, 3.05) is 0 Å². The topological polar surface area (TPSA) is 18.5 Å². The van der Waals surface area contributed by atoms with Gasteiger partial charge in [-0.1, -0.05) is 18.2 Å². The molecule has 1 saturated carbocycles. The molecular weight excluding hydrogens is 272 g/mol. The van der Waals surface area contributed by atoms with Crippen LogP contribution in [0, 0.1) is 6.92 Å². The monoisotopic (exact) mass is 296 g/mol. The van der Waals surface area contributed by atoms with Crippen LogP contribution >= 0.6 is 0 Å². The summed E-state index contributed by atoms with van der Waals surface area (Å²) < 4.78 is 11.7. The SMILES string of the molecule is Cc1cc(Cc2cccc(OC3CC3)c2)cc(OC(C)C)c1. The molecule has 0 heterocycles. The summed E-state index contributed by atoms with van der Waals surface area (Å²) >= 11 is 0. The first-order valence-electron chi connectivity index (χ1n) is 8.11. The Hall–Kier alpha value is -1.96. The fraction of sp³-hybridized carbons (Fsp3) is 0.400. The Morgan fingerprint density at radius 2 is 1.77 bits per heavy atom. The van der Waals surface area contributed by atoms with Crippen LogP contribution in [0.3, 0.4) is 0 Å². The van der Waals surface area contributed by atoms with Gasteiger partial charge in [0.2, 0.25) is 0 Å². The number of benzene rings is 2. The number of hydrogen-bond donors (Lipinski definition) is 0. The van der Waals surface area contributed by atoms with Gasteiger partial charge in [0.15, 0.2) is 0 Å². The van der Waals surface area contributed by atoms with Crippen LogP contribution < -0.4 is 9.47 Å². The Labute approximate surface area is 133 Å². The highest BCUT2D eigenvalue weighted by Gasteiger charge is 2.23. The normalized spacial score (nSPS) is 14.2. The van der Waals surface area contributed by atoms with Crippen molar-refractivity contribution in [3.05, 3.63) is 59.2 Å². The summed E-state index contributed by atoms with van der Waals surface area (Å²) in [4.78, 5) is 0. The third kappa shape index (κ3) is 4.27. The van der Waals surface area contributed by atoms with E-state index < -0.39 is 0 Å². The van der Waals surface area contributed by atoms with Crippen LogP contribution in [0.15, 0.2) is 42.5 Å². The molecule has 0 N–H and O–H groups in total. The van der Waals surface area contributed by atoms with Gasteiger partial charge in [0, 0.05) is 0 Å². The molecule has 1 aliphatic carbocycles. The molecule has 0 bridgehead atoms. The molecule has 0 atom stereocenters. The molecule has 2 aromatic carbocycles. The lowest BCUT2D eigenvalue weighted by Gasteiger charge is -2.13. The Kier molecular flexibility index (Phi) is 4.37. The molecule has 116 valence electrons. The number of hydrogen-bond acceptors (Lipinski definition) is 2. The number of rotatable bonds is 6. The summed E-state index contributed by atoms with van der Waals surface area (Å²) in [6.45, 7) is 6.23. The second kappa shape index (κ2) is 6.43. The summed E-state index contributed by atoms with van der Waals surface area (Å²) in [5.41, 5.74) is 3.79. The molecule has 1 fully saturated rings. The van der Waals surface area contributed by atoms with Gasteiger partial charge < -0.3 is 9.47 Å². The second-order valence-electron chi connectivity index (χ2n) is 6.46. The molecule has 0 saturated heterocycles. The summed E-state index contributed by atoms with van der Waals surface area (Å²) in [6, 6.07) is 14.9. The van der Waals surface area contributed by atoms with Crippen LogP contribution in [0.4, 0.5) is 0 Å². The molecule has 2 nitrogen and oxygen atoms in total. The number of aryl methyl sites for hydroxylation is 1. The molecule has 0 radical (unpaired) electrons. The third-order valence-corrected chi connectivity index (χ3v) is 3.62. The lowest BCUT2D eigenvalue weighted by Crippen LogP contribution is -2.06. The molecule has 0 aromatic heterocycles. The Balaban J connectivity index is 1.75. The maximum absolute atomic E-state index is 5.88. The molecule has 0 spiro atoms. The van der Waals surface area contributed by atoms with Crippen molar-refractivity contribution in [1.29, 1.82) is 0 Å². The van der Waals surface area contributed by atoms with Gasteiger partial charge >= 0.3 is 0 Å².